The van der Waals surface area contributed by atoms with Crippen LogP contribution in [0.15, 0.2) is 28.4 Å². The summed E-state index contributed by atoms with van der Waals surface area (Å²) in [6, 6.07) is 4.31. The van der Waals surface area contributed by atoms with Gasteiger partial charge in [-0.3, -0.25) is 9.59 Å². The molecule has 1 aromatic rings. The Morgan fingerprint density at radius 2 is 2.27 bits per heavy atom. The number of carboxylic acid groups (broad SMARTS) is 1. The Morgan fingerprint density at radius 3 is 3.00 bits per heavy atom. The summed E-state index contributed by atoms with van der Waals surface area (Å²) in [4.78, 5) is 22.3. The number of nitrogens with one attached hydrogen (secondary N) is 1. The summed E-state index contributed by atoms with van der Waals surface area (Å²) in [7, 11) is 0. The molecule has 1 aliphatic carbocycles. The number of thioether (sulfide) groups is 1. The number of carbonyl (C=O) groups is 2. The highest BCUT2D eigenvalue weighted by Gasteiger charge is 2.32. The number of hydrogen-bond acceptors (Lipinski definition) is 6. The minimum Gasteiger partial charge on any atom is -0.481 e. The van der Waals surface area contributed by atoms with Gasteiger partial charge < -0.3 is 15.2 Å². The first kappa shape index (κ1) is 18.5. The number of hydrogen-bond donors (Lipinski definition) is 2. The molecule has 1 atom stereocenters. The van der Waals surface area contributed by atoms with E-state index in [9.17, 15) is 14.0 Å². The van der Waals surface area contributed by atoms with Crippen molar-refractivity contribution in [2.45, 2.75) is 31.1 Å². The molecular weight excluding hydrogens is 361 g/mol. The molecule has 1 heterocycles. The van der Waals surface area contributed by atoms with Crippen LogP contribution in [0.2, 0.25) is 0 Å². The molecule has 1 aromatic carbocycles. The van der Waals surface area contributed by atoms with Crippen molar-refractivity contribution in [2.75, 3.05) is 6.61 Å². The first-order valence-electron chi connectivity index (χ1n) is 8.18. The van der Waals surface area contributed by atoms with E-state index in [4.69, 9.17) is 9.84 Å². The van der Waals surface area contributed by atoms with Crippen LogP contribution in [-0.4, -0.2) is 40.2 Å². The van der Waals surface area contributed by atoms with Gasteiger partial charge in [0.1, 0.15) is 11.1 Å². The molecular formula is C17H18FN3O4S. The van der Waals surface area contributed by atoms with Crippen molar-refractivity contribution in [1.82, 2.24) is 5.32 Å². The van der Waals surface area contributed by atoms with Gasteiger partial charge in [-0.25, -0.2) is 4.39 Å². The number of ether oxygens (including phenoxy) is 1. The maximum atomic E-state index is 13.5. The Kier molecular flexibility index (Phi) is 6.00. The smallest absolute Gasteiger partial charge is 0.305 e. The van der Waals surface area contributed by atoms with Crippen molar-refractivity contribution in [1.29, 1.82) is 0 Å². The van der Waals surface area contributed by atoms with Crippen LogP contribution in [0, 0.1) is 11.7 Å². The zero-order valence-corrected chi connectivity index (χ0v) is 14.7. The molecule has 7 nitrogen and oxygen atoms in total. The summed E-state index contributed by atoms with van der Waals surface area (Å²) >= 11 is 1.02. The van der Waals surface area contributed by atoms with Gasteiger partial charge >= 0.3 is 5.97 Å². The first-order chi connectivity index (χ1) is 12.5. The van der Waals surface area contributed by atoms with E-state index in [0.717, 1.165) is 11.8 Å². The van der Waals surface area contributed by atoms with Gasteiger partial charge in [-0.1, -0.05) is 17.8 Å². The van der Waals surface area contributed by atoms with Crippen LogP contribution >= 0.6 is 11.8 Å². The zero-order chi connectivity index (χ0) is 18.5. The minimum atomic E-state index is -1.05. The van der Waals surface area contributed by atoms with Gasteiger partial charge in [0.15, 0.2) is 5.17 Å². The lowest BCUT2D eigenvalue weighted by Crippen LogP contribution is -2.26. The van der Waals surface area contributed by atoms with Gasteiger partial charge in [-0.2, -0.15) is 5.10 Å². The quantitative estimate of drug-likeness (QED) is 0.532. The van der Waals surface area contributed by atoms with E-state index in [1.807, 2.05) is 0 Å². The van der Waals surface area contributed by atoms with Crippen LogP contribution in [0.1, 0.15) is 30.4 Å². The summed E-state index contributed by atoms with van der Waals surface area (Å²) in [6.45, 7) is 0.960. The molecule has 26 heavy (non-hydrogen) atoms. The topological polar surface area (TPSA) is 100 Å². The summed E-state index contributed by atoms with van der Waals surface area (Å²) in [6.07, 6.45) is 3.54. The number of rotatable bonds is 8. The first-order valence-corrected chi connectivity index (χ1v) is 9.05. The van der Waals surface area contributed by atoms with Crippen molar-refractivity contribution >= 4 is 35.0 Å². The SMILES string of the molecule is O=C(O)CC1SC(=NN=Cc2ccc(F)cc2COCC2CC2)NC1=O. The highest BCUT2D eigenvalue weighted by molar-refractivity contribution is 8.15. The molecule has 1 aliphatic heterocycles. The van der Waals surface area contributed by atoms with Crippen molar-refractivity contribution < 1.29 is 23.8 Å². The third-order valence-corrected chi connectivity index (χ3v) is 4.97. The molecule has 1 saturated heterocycles. The average molecular weight is 379 g/mol. The monoisotopic (exact) mass is 379 g/mol. The Morgan fingerprint density at radius 1 is 1.46 bits per heavy atom. The number of amides is 1. The highest BCUT2D eigenvalue weighted by atomic mass is 32.2. The van der Waals surface area contributed by atoms with Crippen LogP contribution in [0.4, 0.5) is 4.39 Å². The second kappa shape index (κ2) is 8.41. The minimum absolute atomic E-state index is 0.242. The molecule has 2 fully saturated rings. The highest BCUT2D eigenvalue weighted by Crippen LogP contribution is 2.29. The summed E-state index contributed by atoms with van der Waals surface area (Å²) in [5.74, 6) is -1.19. The van der Waals surface area contributed by atoms with Crippen LogP contribution in [0.25, 0.3) is 0 Å². The maximum absolute atomic E-state index is 13.5. The van der Waals surface area contributed by atoms with E-state index in [0.29, 0.717) is 30.3 Å². The van der Waals surface area contributed by atoms with Gasteiger partial charge in [0, 0.05) is 12.2 Å². The number of amidine groups is 1. The second-order valence-electron chi connectivity index (χ2n) is 6.14. The summed E-state index contributed by atoms with van der Waals surface area (Å²) in [5, 5.41) is 18.6. The normalized spacial score (nSPS) is 21.5. The lowest BCUT2D eigenvalue weighted by Gasteiger charge is -2.07. The molecule has 1 unspecified atom stereocenters. The number of carboxylic acids is 1. The molecule has 1 amide bonds. The van der Waals surface area contributed by atoms with Gasteiger partial charge in [-0.05, 0) is 36.5 Å². The Balaban J connectivity index is 1.62. The Bertz CT molecular complexity index is 764. The summed E-state index contributed by atoms with van der Waals surface area (Å²) < 4.78 is 19.1. The zero-order valence-electron chi connectivity index (χ0n) is 13.9. The maximum Gasteiger partial charge on any atom is 0.305 e. The molecule has 0 spiro atoms. The van der Waals surface area contributed by atoms with Crippen molar-refractivity contribution in [3.8, 4) is 0 Å². The fourth-order valence-corrected chi connectivity index (χ4v) is 3.25. The predicted molar refractivity (Wildman–Crippen MR) is 95.6 cm³/mol. The van der Waals surface area contributed by atoms with E-state index in [-0.39, 0.29) is 17.4 Å². The molecule has 0 bridgehead atoms. The van der Waals surface area contributed by atoms with E-state index >= 15 is 0 Å². The summed E-state index contributed by atoms with van der Waals surface area (Å²) in [5.41, 5.74) is 1.34. The fourth-order valence-electron chi connectivity index (χ4n) is 2.33. The lowest BCUT2D eigenvalue weighted by molar-refractivity contribution is -0.138. The molecule has 2 aliphatic rings. The molecule has 0 aromatic heterocycles. The largest absolute Gasteiger partial charge is 0.481 e. The van der Waals surface area contributed by atoms with Crippen molar-refractivity contribution in [3.05, 3.63) is 35.1 Å². The van der Waals surface area contributed by atoms with E-state index in [1.165, 1.54) is 31.2 Å². The molecule has 1 saturated carbocycles. The molecule has 3 rings (SSSR count). The molecule has 2 N–H and O–H groups in total. The van der Waals surface area contributed by atoms with Crippen LogP contribution in [-0.2, 0) is 20.9 Å². The standard InChI is InChI=1S/C17H18FN3O4S/c18-13-4-3-11(12(5-13)9-25-8-10-1-2-10)7-19-21-17-20-16(24)14(26-17)6-15(22)23/h3-5,7,10,14H,1-2,6,8-9H2,(H,22,23)(H,20,21,24). The van der Waals surface area contributed by atoms with Gasteiger partial charge in [-0.15, -0.1) is 5.10 Å². The van der Waals surface area contributed by atoms with Crippen molar-refractivity contribution in [2.24, 2.45) is 16.1 Å². The number of nitrogens with zero attached hydrogens (tertiary/aromatic N) is 2. The van der Waals surface area contributed by atoms with E-state index in [2.05, 4.69) is 15.5 Å². The number of aliphatic carboxylic acids is 1. The van der Waals surface area contributed by atoms with Crippen LogP contribution < -0.4 is 5.32 Å². The van der Waals surface area contributed by atoms with Crippen LogP contribution in [0.5, 0.6) is 0 Å². The third kappa shape index (κ3) is 5.37. The Labute approximate surface area is 153 Å². The predicted octanol–water partition coefficient (Wildman–Crippen LogP) is 2.15. The third-order valence-electron chi connectivity index (χ3n) is 3.89. The molecule has 0 radical (unpaired) electrons. The second-order valence-corrected chi connectivity index (χ2v) is 7.34. The van der Waals surface area contributed by atoms with Gasteiger partial charge in [0.2, 0.25) is 5.91 Å². The Hall–Kier alpha value is -2.26. The van der Waals surface area contributed by atoms with E-state index in [1.54, 1.807) is 6.07 Å². The average Bonchev–Trinajstić information content (AvgIpc) is 3.33. The van der Waals surface area contributed by atoms with Crippen molar-refractivity contribution in [3.63, 3.8) is 0 Å². The molecule has 9 heteroatoms. The van der Waals surface area contributed by atoms with Gasteiger partial charge in [0.25, 0.3) is 0 Å². The lowest BCUT2D eigenvalue weighted by atomic mass is 10.1. The van der Waals surface area contributed by atoms with Crippen LogP contribution in [0.3, 0.4) is 0 Å². The molecule has 138 valence electrons. The van der Waals surface area contributed by atoms with Gasteiger partial charge in [0.05, 0.1) is 19.2 Å². The number of halogens is 1. The number of carbonyl (C=O) groups excluding carboxylic acids is 1. The number of benzene rings is 1. The fraction of sp³-hybridized carbons (Fsp3) is 0.412. The van der Waals surface area contributed by atoms with E-state index < -0.39 is 17.1 Å².